The molecule has 2 amide bonds. The molecule has 0 bridgehead atoms. The molecule has 9 nitrogen and oxygen atoms in total. The van der Waals surface area contributed by atoms with Crippen molar-refractivity contribution in [3.63, 3.8) is 0 Å². The Kier molecular flexibility index (Phi) is 6.75. The van der Waals surface area contributed by atoms with Crippen LogP contribution in [0.2, 0.25) is 0 Å². The minimum Gasteiger partial charge on any atom is -0.442 e. The Morgan fingerprint density at radius 3 is 2.94 bits per heavy atom. The number of thioether (sulfide) groups is 1. The van der Waals surface area contributed by atoms with Gasteiger partial charge in [-0.15, -0.1) is 5.10 Å². The van der Waals surface area contributed by atoms with Crippen molar-refractivity contribution >= 4 is 35.0 Å². The van der Waals surface area contributed by atoms with Crippen LogP contribution >= 0.6 is 11.8 Å². The highest BCUT2D eigenvalue weighted by atomic mass is 32.2. The Bertz CT molecular complexity index is 1020. The maximum Gasteiger partial charge on any atom is 0.414 e. The maximum absolute atomic E-state index is 14.9. The van der Waals surface area contributed by atoms with E-state index in [9.17, 15) is 19.1 Å². The van der Waals surface area contributed by atoms with E-state index >= 15 is 0 Å². The van der Waals surface area contributed by atoms with Crippen LogP contribution in [-0.2, 0) is 16.1 Å². The molecular weight excluding hydrogens is 437 g/mol. The first kappa shape index (κ1) is 22.3. The summed E-state index contributed by atoms with van der Waals surface area (Å²) in [7, 11) is 0. The molecule has 3 heterocycles. The summed E-state index contributed by atoms with van der Waals surface area (Å²) in [6, 6.07) is 4.67. The molecule has 170 valence electrons. The molecule has 1 aromatic carbocycles. The van der Waals surface area contributed by atoms with Crippen LogP contribution in [0.1, 0.15) is 12.0 Å². The molecule has 1 N–H and O–H groups in total. The molecular formula is C21H24FN5O4S. The Morgan fingerprint density at radius 2 is 2.28 bits per heavy atom. The molecule has 1 aromatic heterocycles. The van der Waals surface area contributed by atoms with Crippen molar-refractivity contribution in [2.24, 2.45) is 0 Å². The third-order valence-electron chi connectivity index (χ3n) is 5.48. The van der Waals surface area contributed by atoms with Crippen molar-refractivity contribution in [1.82, 2.24) is 19.9 Å². The normalized spacial score (nSPS) is 19.7. The summed E-state index contributed by atoms with van der Waals surface area (Å²) >= 11 is 1.41. The van der Waals surface area contributed by atoms with Crippen LogP contribution in [0.3, 0.4) is 0 Å². The summed E-state index contributed by atoms with van der Waals surface area (Å²) < 4.78 is 21.9. The number of aromatic nitrogens is 3. The minimum atomic E-state index is -1.02. The van der Waals surface area contributed by atoms with Gasteiger partial charge in [0.2, 0.25) is 0 Å². The van der Waals surface area contributed by atoms with Gasteiger partial charge in [-0.05, 0) is 36.4 Å². The average Bonchev–Trinajstić information content (AvgIpc) is 3.43. The molecule has 1 saturated heterocycles. The fourth-order valence-electron chi connectivity index (χ4n) is 3.85. The van der Waals surface area contributed by atoms with E-state index in [1.165, 1.54) is 22.7 Å². The number of carbonyl (C=O) groups is 2. The number of aliphatic hydroxyl groups excluding tert-OH is 1. The molecule has 2 aromatic rings. The van der Waals surface area contributed by atoms with Crippen LogP contribution in [0.25, 0.3) is 5.57 Å². The van der Waals surface area contributed by atoms with E-state index in [1.807, 2.05) is 12.3 Å². The Labute approximate surface area is 188 Å². The van der Waals surface area contributed by atoms with Crippen LogP contribution in [0.15, 0.2) is 36.7 Å². The van der Waals surface area contributed by atoms with Gasteiger partial charge in [-0.25, -0.2) is 13.9 Å². The van der Waals surface area contributed by atoms with Crippen LogP contribution in [0.4, 0.5) is 14.9 Å². The summed E-state index contributed by atoms with van der Waals surface area (Å²) in [5.41, 5.74) is 1.66. The molecule has 4 rings (SSSR count). The molecule has 0 aliphatic carbocycles. The number of aliphatic hydroxyl groups is 1. The zero-order valence-electron chi connectivity index (χ0n) is 17.6. The van der Waals surface area contributed by atoms with Crippen molar-refractivity contribution in [2.45, 2.75) is 25.2 Å². The van der Waals surface area contributed by atoms with Gasteiger partial charge >= 0.3 is 6.09 Å². The molecule has 1 fully saturated rings. The van der Waals surface area contributed by atoms with Gasteiger partial charge in [-0.3, -0.25) is 9.69 Å². The number of rotatable bonds is 7. The van der Waals surface area contributed by atoms with Gasteiger partial charge in [-0.2, -0.15) is 11.8 Å². The number of carbonyl (C=O) groups excluding carboxylic acids is 2. The molecule has 2 aliphatic heterocycles. The second kappa shape index (κ2) is 9.70. The highest BCUT2D eigenvalue weighted by molar-refractivity contribution is 7.98. The van der Waals surface area contributed by atoms with E-state index in [-0.39, 0.29) is 12.5 Å². The van der Waals surface area contributed by atoms with Crippen molar-refractivity contribution in [3.8, 4) is 0 Å². The topological polar surface area (TPSA) is 101 Å². The van der Waals surface area contributed by atoms with Crippen LogP contribution in [0.5, 0.6) is 0 Å². The van der Waals surface area contributed by atoms with Gasteiger partial charge < -0.3 is 14.7 Å². The number of nitrogens with zero attached hydrogens (tertiary/aromatic N) is 5. The fraction of sp³-hybridized carbons (Fsp3) is 0.429. The molecule has 11 heteroatoms. The molecule has 2 atom stereocenters. The van der Waals surface area contributed by atoms with Gasteiger partial charge in [-0.1, -0.05) is 11.3 Å². The summed E-state index contributed by atoms with van der Waals surface area (Å²) in [6.45, 7) is 1.40. The largest absolute Gasteiger partial charge is 0.442 e. The van der Waals surface area contributed by atoms with Crippen molar-refractivity contribution < 1.29 is 23.8 Å². The Morgan fingerprint density at radius 1 is 1.44 bits per heavy atom. The summed E-state index contributed by atoms with van der Waals surface area (Å²) in [6.07, 6.45) is 5.39. The van der Waals surface area contributed by atoms with Gasteiger partial charge in [0.1, 0.15) is 18.0 Å². The van der Waals surface area contributed by atoms with Gasteiger partial charge in [0.05, 0.1) is 25.0 Å². The number of benzene rings is 1. The van der Waals surface area contributed by atoms with E-state index in [1.54, 1.807) is 34.1 Å². The molecule has 2 aliphatic rings. The predicted molar refractivity (Wildman–Crippen MR) is 118 cm³/mol. The number of amides is 2. The molecule has 32 heavy (non-hydrogen) atoms. The second-order valence-corrected chi connectivity index (χ2v) is 8.55. The standard InChI is InChI=1S/C21H24FN5O4S/c1-32-13-19(28)20(29)25-7-4-14(5-8-25)17-3-2-15(10-18(17)22)27-12-16(31-21(27)30)11-26-9-6-23-24-26/h2-4,6,9-10,16,19,28H,5,7-8,11-13H2,1H3/t16-,19-/m0/s1. The van der Waals surface area contributed by atoms with Crippen LogP contribution in [-0.4, -0.2) is 80.9 Å². The van der Waals surface area contributed by atoms with E-state index in [2.05, 4.69) is 10.3 Å². The van der Waals surface area contributed by atoms with E-state index < -0.39 is 24.1 Å². The number of cyclic esters (lactones) is 1. The van der Waals surface area contributed by atoms with E-state index in [4.69, 9.17) is 4.74 Å². The second-order valence-electron chi connectivity index (χ2n) is 7.64. The first-order valence-corrected chi connectivity index (χ1v) is 11.6. The maximum atomic E-state index is 14.9. The quantitative estimate of drug-likeness (QED) is 0.671. The minimum absolute atomic E-state index is 0.287. The average molecular weight is 462 g/mol. The third kappa shape index (κ3) is 4.78. The lowest BCUT2D eigenvalue weighted by Gasteiger charge is -2.28. The number of ether oxygens (including phenoxy) is 1. The van der Waals surface area contributed by atoms with Crippen LogP contribution in [0, 0.1) is 5.82 Å². The molecule has 0 saturated carbocycles. The number of halogens is 1. The van der Waals surface area contributed by atoms with Crippen molar-refractivity contribution in [2.75, 3.05) is 36.5 Å². The number of hydrogen-bond acceptors (Lipinski definition) is 7. The van der Waals surface area contributed by atoms with Gasteiger partial charge in [0, 0.05) is 30.6 Å². The number of hydrogen-bond donors (Lipinski definition) is 1. The van der Waals surface area contributed by atoms with Gasteiger partial charge in [0.25, 0.3) is 5.91 Å². The monoisotopic (exact) mass is 461 g/mol. The summed E-state index contributed by atoms with van der Waals surface area (Å²) in [5.74, 6) is -0.400. The van der Waals surface area contributed by atoms with Crippen molar-refractivity contribution in [3.05, 3.63) is 48.0 Å². The first-order valence-electron chi connectivity index (χ1n) is 10.2. The SMILES string of the molecule is CSC[C@H](O)C(=O)N1CC=C(c2ccc(N3C[C@H](Cn4ccnn4)OC3=O)cc2F)CC1. The van der Waals surface area contributed by atoms with Crippen LogP contribution < -0.4 is 4.90 Å². The van der Waals surface area contributed by atoms with Gasteiger partial charge in [0.15, 0.2) is 0 Å². The highest BCUT2D eigenvalue weighted by Crippen LogP contribution is 2.30. The van der Waals surface area contributed by atoms with Crippen molar-refractivity contribution in [1.29, 1.82) is 0 Å². The Balaban J connectivity index is 1.41. The zero-order chi connectivity index (χ0) is 22.7. The third-order valence-corrected chi connectivity index (χ3v) is 6.13. The molecule has 0 radical (unpaired) electrons. The summed E-state index contributed by atoms with van der Waals surface area (Å²) in [4.78, 5) is 27.5. The van der Waals surface area contributed by atoms with E-state index in [0.717, 1.165) is 5.57 Å². The lowest BCUT2D eigenvalue weighted by atomic mass is 9.98. The molecule has 0 spiro atoms. The number of anilines is 1. The lowest BCUT2D eigenvalue weighted by Crippen LogP contribution is -2.42. The highest BCUT2D eigenvalue weighted by Gasteiger charge is 2.33. The zero-order valence-corrected chi connectivity index (χ0v) is 18.4. The van der Waals surface area contributed by atoms with E-state index in [0.29, 0.717) is 43.1 Å². The predicted octanol–water partition coefficient (Wildman–Crippen LogP) is 1.78. The Hall–Kier alpha value is -2.92. The smallest absolute Gasteiger partial charge is 0.414 e. The first-order chi connectivity index (χ1) is 15.5. The summed E-state index contributed by atoms with van der Waals surface area (Å²) in [5, 5.41) is 17.5. The lowest BCUT2D eigenvalue weighted by molar-refractivity contribution is -0.138. The molecule has 0 unspecified atom stereocenters. The fourth-order valence-corrected chi connectivity index (χ4v) is 4.31.